The van der Waals surface area contributed by atoms with E-state index in [9.17, 15) is 22.8 Å². The van der Waals surface area contributed by atoms with Crippen LogP contribution in [0.1, 0.15) is 34.1 Å². The number of alkyl carbamates (subject to hydrolysis) is 1. The van der Waals surface area contributed by atoms with Crippen molar-refractivity contribution in [3.05, 3.63) is 0 Å². The van der Waals surface area contributed by atoms with Gasteiger partial charge in [-0.05, 0) is 27.2 Å². The first-order valence-electron chi connectivity index (χ1n) is 5.67. The van der Waals surface area contributed by atoms with Gasteiger partial charge >= 0.3 is 18.2 Å². The van der Waals surface area contributed by atoms with Gasteiger partial charge in [0, 0.05) is 0 Å². The third-order valence-electron chi connectivity index (χ3n) is 1.92. The molecule has 0 fully saturated rings. The number of halogens is 3. The van der Waals surface area contributed by atoms with Crippen LogP contribution in [0.4, 0.5) is 18.0 Å². The third-order valence-corrected chi connectivity index (χ3v) is 1.92. The zero-order valence-corrected chi connectivity index (χ0v) is 11.3. The van der Waals surface area contributed by atoms with Gasteiger partial charge in [0.1, 0.15) is 5.60 Å². The Morgan fingerprint density at radius 3 is 2.11 bits per heavy atom. The highest BCUT2D eigenvalue weighted by Crippen LogP contribution is 2.29. The van der Waals surface area contributed by atoms with Crippen LogP contribution in [0.25, 0.3) is 0 Å². The first-order valence-corrected chi connectivity index (χ1v) is 5.67. The van der Waals surface area contributed by atoms with E-state index in [0.29, 0.717) is 0 Å². The zero-order valence-electron chi connectivity index (χ0n) is 11.3. The molecule has 0 heterocycles. The lowest BCUT2D eigenvalue weighted by molar-refractivity contribution is -0.198. The minimum atomic E-state index is -4.66. The Labute approximate surface area is 109 Å². The Kier molecular flexibility index (Phi) is 6.11. The minimum absolute atomic E-state index is 0.422. The summed E-state index contributed by atoms with van der Waals surface area (Å²) in [5.74, 6) is -3.61. The number of esters is 1. The Morgan fingerprint density at radius 2 is 1.74 bits per heavy atom. The average Bonchev–Trinajstić information content (AvgIpc) is 2.12. The maximum absolute atomic E-state index is 12.4. The summed E-state index contributed by atoms with van der Waals surface area (Å²) in [5, 5.41) is 2.03. The number of carbonyl (C=O) groups is 2. The zero-order chi connectivity index (χ0) is 15.3. The normalized spacial score (nSPS) is 13.6. The van der Waals surface area contributed by atoms with Crippen LogP contribution in [0.3, 0.4) is 0 Å². The van der Waals surface area contributed by atoms with Gasteiger partial charge in [-0.25, -0.2) is 4.79 Å². The van der Waals surface area contributed by atoms with Crippen molar-refractivity contribution in [2.24, 2.45) is 5.92 Å². The summed E-state index contributed by atoms with van der Waals surface area (Å²) in [4.78, 5) is 22.3. The fourth-order valence-electron chi connectivity index (χ4n) is 1.11. The topological polar surface area (TPSA) is 64.6 Å². The number of rotatable bonds is 4. The molecule has 1 amide bonds. The van der Waals surface area contributed by atoms with Gasteiger partial charge < -0.3 is 9.47 Å². The van der Waals surface area contributed by atoms with Gasteiger partial charge in [0.2, 0.25) is 0 Å². The third kappa shape index (κ3) is 7.53. The van der Waals surface area contributed by atoms with E-state index < -0.39 is 42.9 Å². The summed E-state index contributed by atoms with van der Waals surface area (Å²) in [5.41, 5.74) is -0.744. The van der Waals surface area contributed by atoms with E-state index in [1.807, 2.05) is 5.32 Å². The smallest absolute Gasteiger partial charge is 0.410 e. The number of hydrogen-bond acceptors (Lipinski definition) is 4. The van der Waals surface area contributed by atoms with E-state index in [0.717, 1.165) is 0 Å². The monoisotopic (exact) mass is 285 g/mol. The highest BCUT2D eigenvalue weighted by atomic mass is 19.4. The van der Waals surface area contributed by atoms with E-state index in [4.69, 9.17) is 4.74 Å². The molecule has 8 heteroatoms. The molecule has 0 spiro atoms. The molecule has 0 aliphatic heterocycles. The van der Waals surface area contributed by atoms with Gasteiger partial charge in [0.15, 0.2) is 12.6 Å². The van der Waals surface area contributed by atoms with Gasteiger partial charge in [-0.2, -0.15) is 13.2 Å². The molecule has 0 aromatic rings. The molecule has 0 aromatic heterocycles. The largest absolute Gasteiger partial charge is 0.444 e. The van der Waals surface area contributed by atoms with Gasteiger partial charge in [-0.3, -0.25) is 10.1 Å². The molecule has 19 heavy (non-hydrogen) atoms. The van der Waals surface area contributed by atoms with Gasteiger partial charge in [0.25, 0.3) is 0 Å². The molecule has 0 saturated heterocycles. The Morgan fingerprint density at radius 1 is 1.21 bits per heavy atom. The number of ether oxygens (including phenoxy) is 2. The molecule has 112 valence electrons. The van der Waals surface area contributed by atoms with Crippen molar-refractivity contribution >= 4 is 12.1 Å². The van der Waals surface area contributed by atoms with Crippen molar-refractivity contribution in [3.8, 4) is 0 Å². The van der Waals surface area contributed by atoms with Crippen LogP contribution in [0.2, 0.25) is 0 Å². The van der Waals surface area contributed by atoms with Crippen LogP contribution in [-0.4, -0.2) is 30.6 Å². The van der Waals surface area contributed by atoms with Crippen LogP contribution >= 0.6 is 0 Å². The first-order chi connectivity index (χ1) is 8.47. The molecular weight excluding hydrogens is 267 g/mol. The molecule has 0 aliphatic carbocycles. The van der Waals surface area contributed by atoms with Crippen molar-refractivity contribution in [1.82, 2.24) is 5.32 Å². The van der Waals surface area contributed by atoms with Crippen molar-refractivity contribution < 1.29 is 32.2 Å². The summed E-state index contributed by atoms with van der Waals surface area (Å²) in [6, 6.07) is 0. The second-order valence-electron chi connectivity index (χ2n) is 4.79. The second kappa shape index (κ2) is 6.63. The predicted molar refractivity (Wildman–Crippen MR) is 60.2 cm³/mol. The lowest BCUT2D eigenvalue weighted by Crippen LogP contribution is -2.37. The summed E-state index contributed by atoms with van der Waals surface area (Å²) >= 11 is 0. The van der Waals surface area contributed by atoms with Crippen LogP contribution in [0.5, 0.6) is 0 Å². The lowest BCUT2D eigenvalue weighted by Gasteiger charge is -2.20. The highest BCUT2D eigenvalue weighted by molar-refractivity contribution is 5.73. The van der Waals surface area contributed by atoms with E-state index in [1.165, 1.54) is 6.92 Å². The second-order valence-corrected chi connectivity index (χ2v) is 4.79. The summed E-state index contributed by atoms with van der Waals surface area (Å²) in [6.45, 7) is 5.42. The molecule has 0 bridgehead atoms. The minimum Gasteiger partial charge on any atom is -0.444 e. The van der Waals surface area contributed by atoms with Crippen molar-refractivity contribution in [3.63, 3.8) is 0 Å². The summed E-state index contributed by atoms with van der Waals surface area (Å²) in [7, 11) is 0. The molecule has 0 rings (SSSR count). The number of hydrogen-bond donors (Lipinski definition) is 1. The number of nitrogens with one attached hydrogen (secondary N) is 1. The fraction of sp³-hybridized carbons (Fsp3) is 0.818. The maximum Gasteiger partial charge on any atom is 0.410 e. The number of alkyl halides is 3. The quantitative estimate of drug-likeness (QED) is 0.637. The Balaban J connectivity index is 4.14. The SMILES string of the molecule is CCC(C(=O)OCNC(=O)OC(C)(C)C)C(F)(F)F. The van der Waals surface area contributed by atoms with E-state index in [1.54, 1.807) is 20.8 Å². The van der Waals surface area contributed by atoms with Gasteiger partial charge in [-0.15, -0.1) is 0 Å². The molecular formula is C11H18F3NO4. The van der Waals surface area contributed by atoms with E-state index in [-0.39, 0.29) is 0 Å². The standard InChI is InChI=1S/C11H18F3NO4/c1-5-7(11(12,13)14)8(16)18-6-15-9(17)19-10(2,3)4/h7H,5-6H2,1-4H3,(H,15,17). The molecule has 0 aromatic carbocycles. The van der Waals surface area contributed by atoms with Crippen LogP contribution in [-0.2, 0) is 14.3 Å². The average molecular weight is 285 g/mol. The first kappa shape index (κ1) is 17.5. The van der Waals surface area contributed by atoms with E-state index in [2.05, 4.69) is 4.74 Å². The van der Waals surface area contributed by atoms with Crippen molar-refractivity contribution in [2.45, 2.75) is 45.9 Å². The molecule has 0 radical (unpaired) electrons. The molecule has 1 N–H and O–H groups in total. The molecule has 1 unspecified atom stereocenters. The molecule has 1 atom stereocenters. The molecule has 0 saturated carbocycles. The van der Waals surface area contributed by atoms with Crippen LogP contribution in [0.15, 0.2) is 0 Å². The van der Waals surface area contributed by atoms with Crippen LogP contribution in [0, 0.1) is 5.92 Å². The molecule has 0 aliphatic rings. The number of carbonyl (C=O) groups excluding carboxylic acids is 2. The molecule has 5 nitrogen and oxygen atoms in total. The Bertz CT molecular complexity index is 323. The fourth-order valence-corrected chi connectivity index (χ4v) is 1.11. The van der Waals surface area contributed by atoms with E-state index >= 15 is 0 Å². The van der Waals surface area contributed by atoms with Crippen molar-refractivity contribution in [1.29, 1.82) is 0 Å². The predicted octanol–water partition coefficient (Wildman–Crippen LogP) is 2.60. The van der Waals surface area contributed by atoms with Crippen molar-refractivity contribution in [2.75, 3.05) is 6.73 Å². The maximum atomic E-state index is 12.4. The Hall–Kier alpha value is -1.47. The summed E-state index contributed by atoms with van der Waals surface area (Å²) in [6.07, 6.45) is -5.95. The number of amides is 1. The van der Waals surface area contributed by atoms with Gasteiger partial charge in [-0.1, -0.05) is 6.92 Å². The summed E-state index contributed by atoms with van der Waals surface area (Å²) < 4.78 is 46.2. The van der Waals surface area contributed by atoms with Gasteiger partial charge in [0.05, 0.1) is 0 Å². The van der Waals surface area contributed by atoms with Crippen LogP contribution < -0.4 is 5.32 Å². The lowest BCUT2D eigenvalue weighted by atomic mass is 10.1. The highest BCUT2D eigenvalue weighted by Gasteiger charge is 2.44.